The van der Waals surface area contributed by atoms with Gasteiger partial charge in [0.2, 0.25) is 5.88 Å². The van der Waals surface area contributed by atoms with Gasteiger partial charge in [-0.1, -0.05) is 62.1 Å². The van der Waals surface area contributed by atoms with Crippen LogP contribution in [-0.4, -0.2) is 37.7 Å². The topological polar surface area (TPSA) is 106 Å². The number of benzene rings is 3. The Morgan fingerprint density at radius 1 is 0.762 bits per heavy atom. The summed E-state index contributed by atoms with van der Waals surface area (Å²) in [5.74, 6) is -0.0579. The van der Waals surface area contributed by atoms with Crippen molar-refractivity contribution in [3.8, 4) is 28.6 Å². The lowest BCUT2D eigenvalue weighted by molar-refractivity contribution is 0.290. The number of halogens is 1. The standard InChI is InChI=1S/C34H37FN4O3/c35-28-20-25(12-17-32(28)42-19-9-4-2-1-3-8-18-36)22-30-34(41)39-23-31(26-13-15-27(40)16-14-26)37-29(33(39)38-30)21-24-10-6-5-7-11-24/h5-7,10-17,20,23,40-41H,1-4,8-9,18-19,21-22,36H2. The van der Waals surface area contributed by atoms with Crippen LogP contribution < -0.4 is 10.5 Å². The van der Waals surface area contributed by atoms with Gasteiger partial charge < -0.3 is 20.7 Å². The Kier molecular flexibility index (Phi) is 9.66. The molecule has 0 saturated heterocycles. The SMILES string of the molecule is NCCCCCCCCOc1ccc(Cc2nc3c(Cc4ccccc4)nc(-c4ccc(O)cc4)cn3c2O)cc1F. The number of hydrogen-bond acceptors (Lipinski definition) is 6. The van der Waals surface area contributed by atoms with E-state index < -0.39 is 5.82 Å². The third-order valence-electron chi connectivity index (χ3n) is 7.32. The molecular formula is C34H37FN4O3. The predicted octanol–water partition coefficient (Wildman–Crippen LogP) is 6.81. The number of phenols is 1. The Morgan fingerprint density at radius 3 is 2.21 bits per heavy atom. The average Bonchev–Trinajstić information content (AvgIpc) is 3.31. The maximum absolute atomic E-state index is 14.9. The van der Waals surface area contributed by atoms with Gasteiger partial charge in [-0.05, 0) is 66.9 Å². The second-order valence-electron chi connectivity index (χ2n) is 10.6. The van der Waals surface area contributed by atoms with Crippen molar-refractivity contribution in [3.63, 3.8) is 0 Å². The van der Waals surface area contributed by atoms with Crippen LogP contribution >= 0.6 is 0 Å². The predicted molar refractivity (Wildman–Crippen MR) is 162 cm³/mol. The fourth-order valence-electron chi connectivity index (χ4n) is 5.04. The Hall–Kier alpha value is -4.43. The van der Waals surface area contributed by atoms with Gasteiger partial charge in [-0.3, -0.25) is 4.40 Å². The zero-order valence-electron chi connectivity index (χ0n) is 23.7. The van der Waals surface area contributed by atoms with Crippen molar-refractivity contribution >= 4 is 5.65 Å². The van der Waals surface area contributed by atoms with Crippen LogP contribution in [0.4, 0.5) is 4.39 Å². The van der Waals surface area contributed by atoms with E-state index in [9.17, 15) is 14.6 Å². The van der Waals surface area contributed by atoms with Crippen molar-refractivity contribution in [1.82, 2.24) is 14.4 Å². The van der Waals surface area contributed by atoms with Crippen LogP contribution in [0.1, 0.15) is 61.0 Å². The molecule has 2 heterocycles. The summed E-state index contributed by atoms with van der Waals surface area (Å²) in [6.07, 6.45) is 8.93. The largest absolute Gasteiger partial charge is 0.508 e. The molecule has 0 unspecified atom stereocenters. The van der Waals surface area contributed by atoms with Crippen LogP contribution in [0.3, 0.4) is 0 Å². The highest BCUT2D eigenvalue weighted by molar-refractivity contribution is 5.64. The molecule has 42 heavy (non-hydrogen) atoms. The van der Waals surface area contributed by atoms with Crippen LogP contribution in [0.2, 0.25) is 0 Å². The van der Waals surface area contributed by atoms with Gasteiger partial charge in [0.05, 0.1) is 18.0 Å². The molecule has 0 bridgehead atoms. The molecule has 8 heteroatoms. The normalized spacial score (nSPS) is 11.3. The molecular weight excluding hydrogens is 531 g/mol. The van der Waals surface area contributed by atoms with E-state index >= 15 is 0 Å². The van der Waals surface area contributed by atoms with Crippen LogP contribution in [-0.2, 0) is 12.8 Å². The number of phenolic OH excluding ortho intramolecular Hbond substituents is 1. The van der Waals surface area contributed by atoms with Crippen LogP contribution in [0.15, 0.2) is 79.0 Å². The van der Waals surface area contributed by atoms with Crippen molar-refractivity contribution in [2.45, 2.75) is 51.4 Å². The van der Waals surface area contributed by atoms with Gasteiger partial charge in [-0.2, -0.15) is 0 Å². The molecule has 0 saturated carbocycles. The van der Waals surface area contributed by atoms with Crippen molar-refractivity contribution in [2.75, 3.05) is 13.2 Å². The lowest BCUT2D eigenvalue weighted by atomic mass is 10.1. The lowest BCUT2D eigenvalue weighted by Gasteiger charge is -2.09. The molecule has 5 rings (SSSR count). The number of ether oxygens (including phenoxy) is 1. The van der Waals surface area contributed by atoms with Crippen molar-refractivity contribution in [3.05, 3.63) is 107 Å². The first-order valence-corrected chi connectivity index (χ1v) is 14.6. The second kappa shape index (κ2) is 14.0. The van der Waals surface area contributed by atoms with E-state index in [0.29, 0.717) is 41.3 Å². The lowest BCUT2D eigenvalue weighted by Crippen LogP contribution is -2.01. The van der Waals surface area contributed by atoms with Crippen LogP contribution in [0.5, 0.6) is 17.4 Å². The molecule has 4 N–H and O–H groups in total. The quantitative estimate of drug-likeness (QED) is 0.127. The van der Waals surface area contributed by atoms with Gasteiger partial charge in [0.1, 0.15) is 11.4 Å². The number of nitrogens with two attached hydrogens (primary N) is 1. The maximum Gasteiger partial charge on any atom is 0.219 e. The minimum absolute atomic E-state index is 0.0195. The Bertz CT molecular complexity index is 1600. The summed E-state index contributed by atoms with van der Waals surface area (Å²) in [5, 5.41) is 21.0. The van der Waals surface area contributed by atoms with Crippen molar-refractivity contribution in [1.29, 1.82) is 0 Å². The van der Waals surface area contributed by atoms with E-state index in [1.54, 1.807) is 47.0 Å². The fraction of sp³-hybridized carbons (Fsp3) is 0.294. The fourth-order valence-corrected chi connectivity index (χ4v) is 5.04. The number of fused-ring (bicyclic) bond motifs is 1. The molecule has 0 aliphatic rings. The van der Waals surface area contributed by atoms with Crippen molar-refractivity contribution < 1.29 is 19.3 Å². The molecule has 5 aromatic rings. The number of rotatable bonds is 14. The summed E-state index contributed by atoms with van der Waals surface area (Å²) < 4.78 is 22.2. The first-order chi connectivity index (χ1) is 20.5. The maximum atomic E-state index is 14.9. The van der Waals surface area contributed by atoms with Crippen LogP contribution in [0, 0.1) is 5.82 Å². The molecule has 0 radical (unpaired) electrons. The summed E-state index contributed by atoms with van der Waals surface area (Å²) in [6.45, 7) is 1.21. The Balaban J connectivity index is 1.34. The van der Waals surface area contributed by atoms with E-state index in [-0.39, 0.29) is 23.8 Å². The third kappa shape index (κ3) is 7.25. The molecule has 0 atom stereocenters. The highest BCUT2D eigenvalue weighted by Gasteiger charge is 2.19. The summed E-state index contributed by atoms with van der Waals surface area (Å²) in [7, 11) is 0. The Morgan fingerprint density at radius 2 is 1.48 bits per heavy atom. The summed E-state index contributed by atoms with van der Waals surface area (Å²) >= 11 is 0. The zero-order valence-corrected chi connectivity index (χ0v) is 23.7. The summed E-state index contributed by atoms with van der Waals surface area (Å²) in [5.41, 5.74) is 10.4. The average molecular weight is 569 g/mol. The van der Waals surface area contributed by atoms with E-state index in [0.717, 1.165) is 56.2 Å². The van der Waals surface area contributed by atoms with Gasteiger partial charge in [0.15, 0.2) is 17.2 Å². The highest BCUT2D eigenvalue weighted by atomic mass is 19.1. The molecule has 0 aliphatic heterocycles. The van der Waals surface area contributed by atoms with E-state index in [1.165, 1.54) is 6.07 Å². The number of nitrogens with zero attached hydrogens (tertiary/aromatic N) is 3. The van der Waals surface area contributed by atoms with E-state index in [1.807, 2.05) is 30.3 Å². The molecule has 3 aromatic carbocycles. The molecule has 0 spiro atoms. The van der Waals surface area contributed by atoms with Gasteiger partial charge in [-0.25, -0.2) is 14.4 Å². The zero-order chi connectivity index (χ0) is 29.3. The van der Waals surface area contributed by atoms with Gasteiger partial charge in [0.25, 0.3) is 0 Å². The first kappa shape index (κ1) is 29.1. The molecule has 0 aliphatic carbocycles. The number of hydrogen-bond donors (Lipinski definition) is 3. The number of aromatic nitrogens is 3. The van der Waals surface area contributed by atoms with Crippen LogP contribution in [0.25, 0.3) is 16.9 Å². The van der Waals surface area contributed by atoms with E-state index in [2.05, 4.69) is 0 Å². The third-order valence-corrected chi connectivity index (χ3v) is 7.32. The molecule has 218 valence electrons. The van der Waals surface area contributed by atoms with E-state index in [4.69, 9.17) is 20.4 Å². The number of unbranched alkanes of at least 4 members (excludes halogenated alkanes) is 5. The Labute approximate surface area is 245 Å². The van der Waals surface area contributed by atoms with Gasteiger partial charge in [-0.15, -0.1) is 0 Å². The number of aromatic hydroxyl groups is 2. The monoisotopic (exact) mass is 568 g/mol. The van der Waals surface area contributed by atoms with Crippen molar-refractivity contribution in [2.24, 2.45) is 5.73 Å². The van der Waals surface area contributed by atoms with Gasteiger partial charge >= 0.3 is 0 Å². The minimum Gasteiger partial charge on any atom is -0.508 e. The minimum atomic E-state index is -0.431. The first-order valence-electron chi connectivity index (χ1n) is 14.6. The molecule has 7 nitrogen and oxygen atoms in total. The highest BCUT2D eigenvalue weighted by Crippen LogP contribution is 2.30. The molecule has 2 aromatic heterocycles. The van der Waals surface area contributed by atoms with Gasteiger partial charge in [0, 0.05) is 24.6 Å². The molecule has 0 amide bonds. The number of imidazole rings is 1. The summed E-state index contributed by atoms with van der Waals surface area (Å²) in [6, 6.07) is 21.6. The smallest absolute Gasteiger partial charge is 0.219 e. The summed E-state index contributed by atoms with van der Waals surface area (Å²) in [4.78, 5) is 9.64. The molecule has 0 fully saturated rings. The second-order valence-corrected chi connectivity index (χ2v) is 10.6.